The Morgan fingerprint density at radius 2 is 1.89 bits per heavy atom. The molecule has 1 heterocycles. The number of phenolic OH excluding ortho intramolecular Hbond substituents is 1. The molecular formula is C24H31NO2. The molecule has 1 aliphatic heterocycles. The number of piperidine rings is 1. The summed E-state index contributed by atoms with van der Waals surface area (Å²) in [5.41, 5.74) is 3.04. The van der Waals surface area contributed by atoms with E-state index in [0.29, 0.717) is 11.8 Å². The van der Waals surface area contributed by atoms with Gasteiger partial charge < -0.3 is 9.84 Å². The van der Waals surface area contributed by atoms with Crippen LogP contribution in [0.5, 0.6) is 11.5 Å². The van der Waals surface area contributed by atoms with E-state index < -0.39 is 0 Å². The first-order valence-electron chi connectivity index (χ1n) is 10.1. The second-order valence-electron chi connectivity index (χ2n) is 9.10. The van der Waals surface area contributed by atoms with Crippen molar-refractivity contribution in [2.45, 2.75) is 58.1 Å². The number of fused-ring (bicyclic) bond motifs is 4. The zero-order chi connectivity index (χ0) is 19.2. The molecule has 0 amide bonds. The van der Waals surface area contributed by atoms with Gasteiger partial charge in [0.05, 0.1) is 0 Å². The van der Waals surface area contributed by atoms with E-state index in [1.807, 2.05) is 42.5 Å². The Bertz CT molecular complexity index is 816. The van der Waals surface area contributed by atoms with Crippen molar-refractivity contribution in [1.82, 2.24) is 4.90 Å². The molecule has 1 N–H and O–H groups in total. The van der Waals surface area contributed by atoms with Gasteiger partial charge in [-0.05, 0) is 67.1 Å². The highest BCUT2D eigenvalue weighted by molar-refractivity contribution is 5.45. The lowest BCUT2D eigenvalue weighted by molar-refractivity contribution is -0.0496. The highest BCUT2D eigenvalue weighted by Gasteiger charge is 2.55. The first-order valence-corrected chi connectivity index (χ1v) is 10.1. The summed E-state index contributed by atoms with van der Waals surface area (Å²) in [4.78, 5) is 2.61. The number of likely N-dealkylation sites (tertiary alicyclic amines) is 1. The number of phenols is 1. The third kappa shape index (κ3) is 3.02. The molecule has 1 saturated heterocycles. The second kappa shape index (κ2) is 6.56. The lowest BCUT2D eigenvalue weighted by Crippen LogP contribution is -2.64. The van der Waals surface area contributed by atoms with Crippen molar-refractivity contribution in [2.75, 3.05) is 13.1 Å². The Morgan fingerprint density at radius 1 is 1.15 bits per heavy atom. The Hall–Kier alpha value is -2.00. The van der Waals surface area contributed by atoms with Gasteiger partial charge in [-0.1, -0.05) is 45.0 Å². The fourth-order valence-corrected chi connectivity index (χ4v) is 5.35. The molecule has 3 heteroatoms. The van der Waals surface area contributed by atoms with Gasteiger partial charge in [-0.15, -0.1) is 0 Å². The fourth-order valence-electron chi connectivity index (χ4n) is 5.35. The van der Waals surface area contributed by atoms with Crippen molar-refractivity contribution in [3.8, 4) is 11.5 Å². The molecule has 0 saturated carbocycles. The minimum absolute atomic E-state index is 0.137. The molecule has 0 spiro atoms. The van der Waals surface area contributed by atoms with Crippen molar-refractivity contribution in [1.29, 1.82) is 0 Å². The van der Waals surface area contributed by atoms with E-state index >= 15 is 0 Å². The molecule has 4 rings (SSSR count). The third-order valence-electron chi connectivity index (χ3n) is 7.26. The molecule has 144 valence electrons. The average Bonchev–Trinajstić information content (AvgIpc) is 2.61. The zero-order valence-electron chi connectivity index (χ0n) is 16.9. The van der Waals surface area contributed by atoms with Gasteiger partial charge in [-0.3, -0.25) is 4.90 Å². The summed E-state index contributed by atoms with van der Waals surface area (Å²) >= 11 is 0. The maximum atomic E-state index is 10.0. The van der Waals surface area contributed by atoms with Crippen molar-refractivity contribution in [2.24, 2.45) is 5.41 Å². The zero-order valence-corrected chi connectivity index (χ0v) is 16.9. The number of nitrogens with zero attached hydrogens (tertiary/aromatic N) is 1. The molecular weight excluding hydrogens is 334 g/mol. The number of rotatable bonds is 4. The number of aromatic hydroxyl groups is 1. The molecule has 3 nitrogen and oxygen atoms in total. The maximum absolute atomic E-state index is 10.0. The third-order valence-corrected chi connectivity index (χ3v) is 7.26. The summed E-state index contributed by atoms with van der Waals surface area (Å²) < 4.78 is 6.15. The van der Waals surface area contributed by atoms with Gasteiger partial charge in [0.1, 0.15) is 17.6 Å². The molecule has 3 atom stereocenters. The van der Waals surface area contributed by atoms with Crippen LogP contribution in [0.3, 0.4) is 0 Å². The van der Waals surface area contributed by atoms with Gasteiger partial charge in [0, 0.05) is 18.0 Å². The fraction of sp³-hybridized carbons (Fsp3) is 0.500. The monoisotopic (exact) mass is 365 g/mol. The Morgan fingerprint density at radius 3 is 2.63 bits per heavy atom. The lowest BCUT2D eigenvalue weighted by atomic mass is 9.51. The molecule has 1 unspecified atom stereocenters. The highest BCUT2D eigenvalue weighted by atomic mass is 16.5. The summed E-state index contributed by atoms with van der Waals surface area (Å²) in [5, 5.41) is 10.0. The predicted molar refractivity (Wildman–Crippen MR) is 109 cm³/mol. The van der Waals surface area contributed by atoms with Gasteiger partial charge in [0.15, 0.2) is 0 Å². The summed E-state index contributed by atoms with van der Waals surface area (Å²) in [6.45, 7) is 11.4. The van der Waals surface area contributed by atoms with Crippen molar-refractivity contribution < 1.29 is 9.84 Å². The second-order valence-corrected chi connectivity index (χ2v) is 9.10. The van der Waals surface area contributed by atoms with Crippen LogP contribution >= 0.6 is 0 Å². The van der Waals surface area contributed by atoms with Crippen molar-refractivity contribution in [3.63, 3.8) is 0 Å². The van der Waals surface area contributed by atoms with Crippen LogP contribution in [0.2, 0.25) is 0 Å². The minimum atomic E-state index is 0.137. The Labute approximate surface area is 163 Å². The van der Waals surface area contributed by atoms with Crippen LogP contribution < -0.4 is 4.74 Å². The standard InChI is InChI=1S/C24H31NO2/c1-17(27-20-8-6-5-7-9-20)16-25-13-12-24(4)21-11-10-19(26)14-18(21)15-22(25)23(24,2)3/h5-11,14,17,22,26H,12-13,15-16H2,1-4H3/t17-,22+,24?/m0/s1. The Kier molecular flexibility index (Phi) is 4.46. The molecule has 1 fully saturated rings. The number of para-hydroxylation sites is 1. The number of ether oxygens (including phenoxy) is 1. The highest BCUT2D eigenvalue weighted by Crippen LogP contribution is 2.56. The van der Waals surface area contributed by atoms with Crippen LogP contribution in [-0.2, 0) is 11.8 Å². The molecule has 1 aliphatic carbocycles. The van der Waals surface area contributed by atoms with Gasteiger partial charge in [0.2, 0.25) is 0 Å². The van der Waals surface area contributed by atoms with Crippen LogP contribution in [-0.4, -0.2) is 35.2 Å². The van der Waals surface area contributed by atoms with Gasteiger partial charge in [0.25, 0.3) is 0 Å². The smallest absolute Gasteiger partial charge is 0.119 e. The quantitative estimate of drug-likeness (QED) is 0.847. The number of hydrogen-bond acceptors (Lipinski definition) is 3. The summed E-state index contributed by atoms with van der Waals surface area (Å²) in [5.74, 6) is 1.31. The van der Waals surface area contributed by atoms with Crippen molar-refractivity contribution in [3.05, 3.63) is 59.7 Å². The number of benzene rings is 2. The van der Waals surface area contributed by atoms with E-state index in [1.165, 1.54) is 11.1 Å². The van der Waals surface area contributed by atoms with E-state index in [-0.39, 0.29) is 16.9 Å². The SMILES string of the molecule is C[C@@H](CN1CCC2(C)c3ccc(O)cc3C[C@@H]1C2(C)C)Oc1ccccc1. The average molecular weight is 366 g/mol. The largest absolute Gasteiger partial charge is 0.508 e. The number of hydrogen-bond donors (Lipinski definition) is 1. The molecule has 2 aromatic carbocycles. The van der Waals surface area contributed by atoms with Gasteiger partial charge in [-0.25, -0.2) is 0 Å². The van der Waals surface area contributed by atoms with E-state index in [4.69, 9.17) is 4.74 Å². The van der Waals surface area contributed by atoms with E-state index in [0.717, 1.165) is 31.7 Å². The van der Waals surface area contributed by atoms with Crippen LogP contribution in [0.15, 0.2) is 48.5 Å². The minimum Gasteiger partial charge on any atom is -0.508 e. The Balaban J connectivity index is 1.58. The van der Waals surface area contributed by atoms with Gasteiger partial charge >= 0.3 is 0 Å². The maximum Gasteiger partial charge on any atom is 0.119 e. The van der Waals surface area contributed by atoms with Gasteiger partial charge in [-0.2, -0.15) is 0 Å². The van der Waals surface area contributed by atoms with Crippen LogP contribution in [0.4, 0.5) is 0 Å². The summed E-state index contributed by atoms with van der Waals surface area (Å²) in [7, 11) is 0. The summed E-state index contributed by atoms with van der Waals surface area (Å²) in [6, 6.07) is 16.5. The molecule has 2 aromatic rings. The normalized spacial score (nSPS) is 27.6. The molecule has 0 radical (unpaired) electrons. The topological polar surface area (TPSA) is 32.7 Å². The van der Waals surface area contributed by atoms with Crippen LogP contribution in [0, 0.1) is 5.41 Å². The predicted octanol–water partition coefficient (Wildman–Crippen LogP) is 4.77. The first-order chi connectivity index (χ1) is 12.8. The molecule has 2 aliphatic rings. The van der Waals surface area contributed by atoms with E-state index in [9.17, 15) is 5.11 Å². The van der Waals surface area contributed by atoms with E-state index in [1.54, 1.807) is 0 Å². The molecule has 27 heavy (non-hydrogen) atoms. The first kappa shape index (κ1) is 18.4. The lowest BCUT2D eigenvalue weighted by Gasteiger charge is -2.61. The molecule has 0 aromatic heterocycles. The van der Waals surface area contributed by atoms with E-state index in [2.05, 4.69) is 38.7 Å². The van der Waals surface area contributed by atoms with Crippen LogP contribution in [0.1, 0.15) is 45.2 Å². The van der Waals surface area contributed by atoms with Crippen molar-refractivity contribution >= 4 is 0 Å². The van der Waals surface area contributed by atoms with Crippen LogP contribution in [0.25, 0.3) is 0 Å². The molecule has 2 bridgehead atoms. The summed E-state index contributed by atoms with van der Waals surface area (Å²) in [6.07, 6.45) is 2.26.